The molecule has 0 radical (unpaired) electrons. The molecule has 0 spiro atoms. The van der Waals surface area contributed by atoms with Crippen LogP contribution in [0.3, 0.4) is 0 Å². The molecule has 110 valence electrons. The van der Waals surface area contributed by atoms with Gasteiger partial charge < -0.3 is 10.0 Å². The molecule has 0 atom stereocenters. The number of benzene rings is 1. The zero-order valence-electron chi connectivity index (χ0n) is 11.2. The van der Waals surface area contributed by atoms with Crippen LogP contribution in [0.1, 0.15) is 38.8 Å². The molecule has 1 N–H and O–H groups in total. The molecule has 0 aliphatic rings. The lowest BCUT2D eigenvalue weighted by Crippen LogP contribution is -2.30. The van der Waals surface area contributed by atoms with Crippen molar-refractivity contribution in [2.45, 2.75) is 20.0 Å². The molecule has 0 unspecified atom stereocenters. The van der Waals surface area contributed by atoms with Gasteiger partial charge in [0.05, 0.1) is 16.7 Å². The Labute approximate surface area is 113 Å². The summed E-state index contributed by atoms with van der Waals surface area (Å²) in [4.78, 5) is 24.2. The predicted octanol–water partition coefficient (Wildman–Crippen LogP) is 2.80. The minimum Gasteiger partial charge on any atom is -0.478 e. The Morgan fingerprint density at radius 2 is 1.85 bits per heavy atom. The first kappa shape index (κ1) is 16.0. The second kappa shape index (κ2) is 5.52. The molecule has 0 fully saturated rings. The molecule has 0 saturated carbocycles. The summed E-state index contributed by atoms with van der Waals surface area (Å²) in [7, 11) is 1.36. The van der Waals surface area contributed by atoms with Crippen LogP contribution >= 0.6 is 0 Å². The van der Waals surface area contributed by atoms with Crippen molar-refractivity contribution >= 4 is 11.9 Å². The topological polar surface area (TPSA) is 57.6 Å². The van der Waals surface area contributed by atoms with E-state index in [2.05, 4.69) is 0 Å². The number of rotatable bonds is 3. The van der Waals surface area contributed by atoms with Gasteiger partial charge in [-0.2, -0.15) is 13.2 Å². The number of carbonyl (C=O) groups is 2. The monoisotopic (exact) mass is 289 g/mol. The third-order valence-corrected chi connectivity index (χ3v) is 3.04. The molecule has 0 heterocycles. The van der Waals surface area contributed by atoms with Crippen molar-refractivity contribution < 1.29 is 27.9 Å². The number of hydrogen-bond acceptors (Lipinski definition) is 2. The minimum atomic E-state index is -4.72. The van der Waals surface area contributed by atoms with E-state index in [1.165, 1.54) is 14.0 Å². The maximum Gasteiger partial charge on any atom is 0.417 e. The quantitative estimate of drug-likeness (QED) is 0.930. The molecule has 0 aliphatic heterocycles. The zero-order chi connectivity index (χ0) is 15.7. The Hall–Kier alpha value is -2.05. The first-order valence-electron chi connectivity index (χ1n) is 5.80. The number of aromatic carboxylic acids is 1. The number of carboxylic acid groups (broad SMARTS) is 1. The molecule has 0 aliphatic carbocycles. The average Bonchev–Trinajstić information content (AvgIpc) is 2.34. The van der Waals surface area contributed by atoms with Crippen molar-refractivity contribution in [1.82, 2.24) is 4.90 Å². The molecule has 0 bridgehead atoms. The van der Waals surface area contributed by atoms with Gasteiger partial charge in [0.1, 0.15) is 0 Å². The highest BCUT2D eigenvalue weighted by atomic mass is 19.4. The second-order valence-electron chi connectivity index (χ2n) is 4.28. The van der Waals surface area contributed by atoms with Gasteiger partial charge in [0.15, 0.2) is 0 Å². The van der Waals surface area contributed by atoms with Gasteiger partial charge >= 0.3 is 12.1 Å². The minimum absolute atomic E-state index is 0.183. The van der Waals surface area contributed by atoms with E-state index in [0.717, 1.165) is 11.0 Å². The van der Waals surface area contributed by atoms with Crippen LogP contribution in [0.2, 0.25) is 0 Å². The van der Waals surface area contributed by atoms with Crippen molar-refractivity contribution in [2.75, 3.05) is 13.6 Å². The van der Waals surface area contributed by atoms with Gasteiger partial charge in [-0.15, -0.1) is 0 Å². The molecular weight excluding hydrogens is 275 g/mol. The largest absolute Gasteiger partial charge is 0.478 e. The van der Waals surface area contributed by atoms with E-state index in [1.807, 2.05) is 0 Å². The number of alkyl halides is 3. The van der Waals surface area contributed by atoms with Crippen LogP contribution in [0.25, 0.3) is 0 Å². The Morgan fingerprint density at radius 1 is 1.30 bits per heavy atom. The number of nitrogens with zero attached hydrogens (tertiary/aromatic N) is 1. The molecular formula is C13H14F3NO3. The number of hydrogen-bond donors (Lipinski definition) is 1. The van der Waals surface area contributed by atoms with E-state index in [0.29, 0.717) is 6.07 Å². The van der Waals surface area contributed by atoms with Gasteiger partial charge in [-0.1, -0.05) is 0 Å². The molecule has 1 amide bonds. The standard InChI is InChI=1S/C13H14F3NO3/c1-4-17(3)11(18)10-7(2)8(12(19)20)5-6-9(10)13(14,15)16/h5-6H,4H2,1-3H3,(H,19,20). The van der Waals surface area contributed by atoms with Crippen LogP contribution in [0.4, 0.5) is 13.2 Å². The normalized spacial score (nSPS) is 11.3. The molecule has 0 aromatic heterocycles. The molecule has 4 nitrogen and oxygen atoms in total. The maximum absolute atomic E-state index is 13.0. The highest BCUT2D eigenvalue weighted by Crippen LogP contribution is 2.35. The first-order chi connectivity index (χ1) is 9.11. The summed E-state index contributed by atoms with van der Waals surface area (Å²) in [5.41, 5.74) is -2.23. The summed E-state index contributed by atoms with van der Waals surface area (Å²) >= 11 is 0. The van der Waals surface area contributed by atoms with Crippen LogP contribution in [-0.2, 0) is 6.18 Å². The number of halogens is 3. The number of carboxylic acids is 1. The lowest BCUT2D eigenvalue weighted by Gasteiger charge is -2.21. The second-order valence-corrected chi connectivity index (χ2v) is 4.28. The fraction of sp³-hybridized carbons (Fsp3) is 0.385. The molecule has 20 heavy (non-hydrogen) atoms. The maximum atomic E-state index is 13.0. The summed E-state index contributed by atoms with van der Waals surface area (Å²) in [6, 6.07) is 1.50. The summed E-state index contributed by atoms with van der Waals surface area (Å²) in [6.45, 7) is 3.03. The summed E-state index contributed by atoms with van der Waals surface area (Å²) in [5.74, 6) is -2.22. The molecule has 1 aromatic carbocycles. The van der Waals surface area contributed by atoms with Crippen molar-refractivity contribution in [3.05, 3.63) is 34.4 Å². The van der Waals surface area contributed by atoms with Crippen LogP contribution in [0.15, 0.2) is 12.1 Å². The van der Waals surface area contributed by atoms with E-state index in [4.69, 9.17) is 5.11 Å². The summed E-state index contributed by atoms with van der Waals surface area (Å²) in [5, 5.41) is 8.96. The Kier molecular flexibility index (Phi) is 4.42. The van der Waals surface area contributed by atoms with Crippen LogP contribution in [0, 0.1) is 6.92 Å². The fourth-order valence-electron chi connectivity index (χ4n) is 1.79. The van der Waals surface area contributed by atoms with Crippen molar-refractivity contribution in [3.63, 3.8) is 0 Å². The lowest BCUT2D eigenvalue weighted by atomic mass is 9.95. The van der Waals surface area contributed by atoms with Crippen LogP contribution in [-0.4, -0.2) is 35.5 Å². The lowest BCUT2D eigenvalue weighted by molar-refractivity contribution is -0.138. The van der Waals surface area contributed by atoms with Gasteiger partial charge in [0.2, 0.25) is 0 Å². The van der Waals surface area contributed by atoms with Gasteiger partial charge in [0.25, 0.3) is 5.91 Å². The van der Waals surface area contributed by atoms with Crippen LogP contribution < -0.4 is 0 Å². The van der Waals surface area contributed by atoms with E-state index in [-0.39, 0.29) is 17.7 Å². The number of carbonyl (C=O) groups excluding carboxylic acids is 1. The zero-order valence-corrected chi connectivity index (χ0v) is 11.2. The highest BCUT2D eigenvalue weighted by molar-refractivity contribution is 6.01. The van der Waals surface area contributed by atoms with Crippen molar-refractivity contribution in [2.24, 2.45) is 0 Å². The van der Waals surface area contributed by atoms with Gasteiger partial charge in [-0.25, -0.2) is 4.79 Å². The van der Waals surface area contributed by atoms with E-state index in [1.54, 1.807) is 6.92 Å². The van der Waals surface area contributed by atoms with Crippen molar-refractivity contribution in [1.29, 1.82) is 0 Å². The third-order valence-electron chi connectivity index (χ3n) is 3.04. The Bertz CT molecular complexity index is 553. The van der Waals surface area contributed by atoms with E-state index >= 15 is 0 Å². The Morgan fingerprint density at radius 3 is 2.25 bits per heavy atom. The van der Waals surface area contributed by atoms with Crippen molar-refractivity contribution in [3.8, 4) is 0 Å². The SMILES string of the molecule is CCN(C)C(=O)c1c(C(F)(F)F)ccc(C(=O)O)c1C. The number of amides is 1. The average molecular weight is 289 g/mol. The third kappa shape index (κ3) is 2.92. The summed E-state index contributed by atoms with van der Waals surface area (Å²) in [6.07, 6.45) is -4.72. The van der Waals surface area contributed by atoms with Gasteiger partial charge in [-0.3, -0.25) is 4.79 Å². The Balaban J connectivity index is 3.62. The highest BCUT2D eigenvalue weighted by Gasteiger charge is 2.37. The van der Waals surface area contributed by atoms with E-state index in [9.17, 15) is 22.8 Å². The fourth-order valence-corrected chi connectivity index (χ4v) is 1.79. The molecule has 7 heteroatoms. The van der Waals surface area contributed by atoms with Gasteiger partial charge in [0, 0.05) is 13.6 Å². The predicted molar refractivity (Wildman–Crippen MR) is 65.8 cm³/mol. The summed E-state index contributed by atoms with van der Waals surface area (Å²) < 4.78 is 38.9. The van der Waals surface area contributed by atoms with Crippen LogP contribution in [0.5, 0.6) is 0 Å². The molecule has 1 rings (SSSR count). The molecule has 1 aromatic rings. The molecule has 0 saturated heterocycles. The van der Waals surface area contributed by atoms with E-state index < -0.39 is 29.2 Å². The van der Waals surface area contributed by atoms with Gasteiger partial charge in [-0.05, 0) is 31.5 Å². The smallest absolute Gasteiger partial charge is 0.417 e. The first-order valence-corrected chi connectivity index (χ1v) is 5.80.